The number of hydrogen-bond donors (Lipinski definition) is 1. The highest BCUT2D eigenvalue weighted by Crippen LogP contribution is 2.21. The molecule has 1 aliphatic rings. The Bertz CT molecular complexity index is 525. The molecule has 0 bridgehead atoms. The minimum Gasteiger partial charge on any atom is -0.481 e. The van der Waals surface area contributed by atoms with Crippen LogP contribution in [0.2, 0.25) is 5.02 Å². The van der Waals surface area contributed by atoms with Gasteiger partial charge in [0.25, 0.3) is 5.91 Å². The Kier molecular flexibility index (Phi) is 5.61. The largest absolute Gasteiger partial charge is 0.481 e. The van der Waals surface area contributed by atoms with Gasteiger partial charge in [-0.3, -0.25) is 14.5 Å². The van der Waals surface area contributed by atoms with E-state index < -0.39 is 5.97 Å². The Balaban J connectivity index is 1.92. The zero-order chi connectivity index (χ0) is 15.4. The lowest BCUT2D eigenvalue weighted by Crippen LogP contribution is -2.49. The standard InChI is InChI=1S/C14H16BrClN2O3/c15-11-7-10(8-12(16)9-11)14(21)18-5-3-17(4-6-18)2-1-13(19)20/h7-9H,1-6H2,(H,19,20). The maximum Gasteiger partial charge on any atom is 0.304 e. The van der Waals surface area contributed by atoms with E-state index in [0.717, 1.165) is 4.47 Å². The van der Waals surface area contributed by atoms with E-state index in [1.807, 2.05) is 0 Å². The first kappa shape index (κ1) is 16.3. The van der Waals surface area contributed by atoms with Crippen LogP contribution in [0.5, 0.6) is 0 Å². The van der Waals surface area contributed by atoms with E-state index >= 15 is 0 Å². The predicted molar refractivity (Wildman–Crippen MR) is 83.7 cm³/mol. The maximum atomic E-state index is 12.4. The Hall–Kier alpha value is -1.11. The van der Waals surface area contributed by atoms with Gasteiger partial charge >= 0.3 is 5.97 Å². The number of nitrogens with zero attached hydrogens (tertiary/aromatic N) is 2. The lowest BCUT2D eigenvalue weighted by atomic mass is 10.2. The molecule has 0 aliphatic carbocycles. The van der Waals surface area contributed by atoms with Crippen LogP contribution in [-0.4, -0.2) is 59.5 Å². The Morgan fingerprint density at radius 3 is 2.43 bits per heavy atom. The minimum absolute atomic E-state index is 0.0453. The van der Waals surface area contributed by atoms with Gasteiger partial charge in [-0.05, 0) is 18.2 Å². The average molecular weight is 376 g/mol. The minimum atomic E-state index is -0.794. The molecule has 0 radical (unpaired) electrons. The molecule has 0 atom stereocenters. The average Bonchev–Trinajstić information content (AvgIpc) is 2.44. The van der Waals surface area contributed by atoms with Crippen molar-refractivity contribution in [1.82, 2.24) is 9.80 Å². The number of carboxylic acids is 1. The van der Waals surface area contributed by atoms with Crippen LogP contribution in [0.25, 0.3) is 0 Å². The summed E-state index contributed by atoms with van der Waals surface area (Å²) < 4.78 is 0.776. The Labute approximate surface area is 136 Å². The summed E-state index contributed by atoms with van der Waals surface area (Å²) in [4.78, 5) is 26.8. The van der Waals surface area contributed by atoms with Crippen molar-refractivity contribution < 1.29 is 14.7 Å². The van der Waals surface area contributed by atoms with Crippen molar-refractivity contribution in [2.45, 2.75) is 6.42 Å². The van der Waals surface area contributed by atoms with Crippen LogP contribution in [0.4, 0.5) is 0 Å². The summed E-state index contributed by atoms with van der Waals surface area (Å²) in [6, 6.07) is 5.15. The fourth-order valence-corrected chi connectivity index (χ4v) is 3.15. The third kappa shape index (κ3) is 4.69. The van der Waals surface area contributed by atoms with Crippen LogP contribution in [0, 0.1) is 0 Å². The van der Waals surface area contributed by atoms with E-state index in [0.29, 0.717) is 43.3 Å². The summed E-state index contributed by atoms with van der Waals surface area (Å²) >= 11 is 9.29. The van der Waals surface area contributed by atoms with Gasteiger partial charge < -0.3 is 10.0 Å². The third-order valence-electron chi connectivity index (χ3n) is 3.41. The molecule has 1 aromatic rings. The number of carbonyl (C=O) groups is 2. The lowest BCUT2D eigenvalue weighted by Gasteiger charge is -2.34. The number of rotatable bonds is 4. The maximum absolute atomic E-state index is 12.4. The summed E-state index contributed by atoms with van der Waals surface area (Å²) in [5.41, 5.74) is 0.563. The highest BCUT2D eigenvalue weighted by atomic mass is 79.9. The molecule has 0 aromatic heterocycles. The molecule has 1 heterocycles. The molecular weight excluding hydrogens is 360 g/mol. The van der Waals surface area contributed by atoms with Crippen LogP contribution < -0.4 is 0 Å². The van der Waals surface area contributed by atoms with E-state index in [1.165, 1.54) is 0 Å². The smallest absolute Gasteiger partial charge is 0.304 e. The fraction of sp³-hybridized carbons (Fsp3) is 0.429. The molecule has 0 unspecified atom stereocenters. The summed E-state index contributed by atoms with van der Waals surface area (Å²) in [6.45, 7) is 3.12. The van der Waals surface area contributed by atoms with Crippen LogP contribution in [-0.2, 0) is 4.79 Å². The first-order chi connectivity index (χ1) is 9.95. The number of amides is 1. The normalized spacial score (nSPS) is 16.0. The van der Waals surface area contributed by atoms with Gasteiger partial charge in [-0.1, -0.05) is 27.5 Å². The number of carboxylic acid groups (broad SMARTS) is 1. The molecule has 1 aliphatic heterocycles. The molecule has 114 valence electrons. The van der Waals surface area contributed by atoms with Crippen molar-refractivity contribution >= 4 is 39.4 Å². The fourth-order valence-electron chi connectivity index (χ4n) is 2.29. The van der Waals surface area contributed by atoms with E-state index in [2.05, 4.69) is 20.8 Å². The number of aliphatic carboxylic acids is 1. The van der Waals surface area contributed by atoms with Crippen molar-refractivity contribution in [3.63, 3.8) is 0 Å². The second kappa shape index (κ2) is 7.24. The molecule has 1 N–H and O–H groups in total. The summed E-state index contributed by atoms with van der Waals surface area (Å²) in [5, 5.41) is 9.20. The summed E-state index contributed by atoms with van der Waals surface area (Å²) in [6.07, 6.45) is 0.134. The molecule has 1 amide bonds. The van der Waals surface area contributed by atoms with Gasteiger partial charge in [0.2, 0.25) is 0 Å². The van der Waals surface area contributed by atoms with Crippen molar-refractivity contribution in [1.29, 1.82) is 0 Å². The highest BCUT2D eigenvalue weighted by Gasteiger charge is 2.22. The molecule has 21 heavy (non-hydrogen) atoms. The van der Waals surface area contributed by atoms with Gasteiger partial charge in [-0.15, -0.1) is 0 Å². The zero-order valence-electron chi connectivity index (χ0n) is 11.4. The van der Waals surface area contributed by atoms with Crippen molar-refractivity contribution in [3.05, 3.63) is 33.3 Å². The van der Waals surface area contributed by atoms with Crippen LogP contribution in [0.1, 0.15) is 16.8 Å². The second-order valence-electron chi connectivity index (χ2n) is 4.94. The van der Waals surface area contributed by atoms with Crippen LogP contribution in [0.15, 0.2) is 22.7 Å². The number of hydrogen-bond acceptors (Lipinski definition) is 3. The monoisotopic (exact) mass is 374 g/mol. The SMILES string of the molecule is O=C(O)CCN1CCN(C(=O)c2cc(Cl)cc(Br)c2)CC1. The summed E-state index contributed by atoms with van der Waals surface area (Å²) in [5.74, 6) is -0.839. The number of carbonyl (C=O) groups excluding carboxylic acids is 1. The number of halogens is 2. The highest BCUT2D eigenvalue weighted by molar-refractivity contribution is 9.10. The van der Waals surface area contributed by atoms with Crippen LogP contribution >= 0.6 is 27.5 Å². The molecule has 0 spiro atoms. The first-order valence-electron chi connectivity index (χ1n) is 6.65. The lowest BCUT2D eigenvalue weighted by molar-refractivity contribution is -0.137. The van der Waals surface area contributed by atoms with Gasteiger partial charge in [0.15, 0.2) is 0 Å². The number of benzene rings is 1. The predicted octanol–water partition coefficient (Wildman–Crippen LogP) is 2.33. The van der Waals surface area contributed by atoms with Gasteiger partial charge in [-0.25, -0.2) is 0 Å². The molecule has 1 saturated heterocycles. The molecule has 2 rings (SSSR count). The molecule has 7 heteroatoms. The van der Waals surface area contributed by atoms with Gasteiger partial charge in [0, 0.05) is 47.8 Å². The second-order valence-corrected chi connectivity index (χ2v) is 6.29. The molecule has 1 aromatic carbocycles. The van der Waals surface area contributed by atoms with E-state index in [9.17, 15) is 9.59 Å². The summed E-state index contributed by atoms with van der Waals surface area (Å²) in [7, 11) is 0. The van der Waals surface area contributed by atoms with E-state index in [1.54, 1.807) is 23.1 Å². The Morgan fingerprint density at radius 2 is 1.86 bits per heavy atom. The van der Waals surface area contributed by atoms with Gasteiger partial charge in [0.05, 0.1) is 6.42 Å². The molecule has 1 fully saturated rings. The topological polar surface area (TPSA) is 60.9 Å². The van der Waals surface area contributed by atoms with E-state index in [-0.39, 0.29) is 12.3 Å². The first-order valence-corrected chi connectivity index (χ1v) is 7.82. The quantitative estimate of drug-likeness (QED) is 0.877. The van der Waals surface area contributed by atoms with Gasteiger partial charge in [-0.2, -0.15) is 0 Å². The third-order valence-corrected chi connectivity index (χ3v) is 4.09. The van der Waals surface area contributed by atoms with Crippen molar-refractivity contribution in [3.8, 4) is 0 Å². The van der Waals surface area contributed by atoms with Crippen molar-refractivity contribution in [2.24, 2.45) is 0 Å². The van der Waals surface area contributed by atoms with E-state index in [4.69, 9.17) is 16.7 Å². The zero-order valence-corrected chi connectivity index (χ0v) is 13.7. The molecular formula is C14H16BrClN2O3. The molecule has 0 saturated carbocycles. The molecule has 5 nitrogen and oxygen atoms in total. The number of piperazine rings is 1. The van der Waals surface area contributed by atoms with Gasteiger partial charge in [0.1, 0.15) is 0 Å². The van der Waals surface area contributed by atoms with Crippen molar-refractivity contribution in [2.75, 3.05) is 32.7 Å². The Morgan fingerprint density at radius 1 is 1.19 bits per heavy atom. The van der Waals surface area contributed by atoms with Crippen LogP contribution in [0.3, 0.4) is 0 Å².